The van der Waals surface area contributed by atoms with E-state index < -0.39 is 0 Å². The summed E-state index contributed by atoms with van der Waals surface area (Å²) in [5, 5.41) is 2.76. The Morgan fingerprint density at radius 2 is 1.93 bits per heavy atom. The van der Waals surface area contributed by atoms with Gasteiger partial charge in [-0.3, -0.25) is 19.3 Å². The summed E-state index contributed by atoms with van der Waals surface area (Å²) in [7, 11) is 0. The fourth-order valence-electron chi connectivity index (χ4n) is 3.24. The molecule has 3 amide bonds. The van der Waals surface area contributed by atoms with E-state index in [1.54, 1.807) is 18.2 Å². The van der Waals surface area contributed by atoms with Crippen LogP contribution >= 0.6 is 0 Å². The lowest BCUT2D eigenvalue weighted by Crippen LogP contribution is -2.44. The predicted octanol–water partition coefficient (Wildman–Crippen LogP) is 2.41. The number of hydrogen-bond donors (Lipinski definition) is 1. The van der Waals surface area contributed by atoms with E-state index in [1.165, 1.54) is 5.56 Å². The highest BCUT2D eigenvalue weighted by molar-refractivity contribution is 6.09. The molecule has 0 unspecified atom stereocenters. The Kier molecular flexibility index (Phi) is 6.09. The van der Waals surface area contributed by atoms with Gasteiger partial charge in [-0.2, -0.15) is 0 Å². The van der Waals surface area contributed by atoms with Crippen molar-refractivity contribution in [3.63, 3.8) is 0 Å². The molecule has 1 heterocycles. The first-order valence-corrected chi connectivity index (χ1v) is 9.35. The molecule has 3 rings (SSSR count). The molecule has 28 heavy (non-hydrogen) atoms. The third-order valence-corrected chi connectivity index (χ3v) is 4.71. The topological polar surface area (TPSA) is 75.7 Å². The summed E-state index contributed by atoms with van der Waals surface area (Å²) in [4.78, 5) is 37.9. The van der Waals surface area contributed by atoms with Gasteiger partial charge in [0.1, 0.15) is 12.4 Å². The second-order valence-electron chi connectivity index (χ2n) is 6.90. The van der Waals surface area contributed by atoms with Crippen LogP contribution in [0.5, 0.6) is 5.75 Å². The highest BCUT2D eigenvalue weighted by Crippen LogP contribution is 2.20. The fraction of sp³-hybridized carbons (Fsp3) is 0.318. The Morgan fingerprint density at radius 3 is 2.71 bits per heavy atom. The molecule has 6 heteroatoms. The Hall–Kier alpha value is -3.15. The molecular weight excluding hydrogens is 356 g/mol. The second kappa shape index (κ2) is 8.69. The van der Waals surface area contributed by atoms with Crippen molar-refractivity contribution < 1.29 is 19.1 Å². The number of carbonyl (C=O) groups excluding carboxylic acids is 3. The summed E-state index contributed by atoms with van der Waals surface area (Å²) < 4.78 is 5.68. The average Bonchev–Trinajstić information content (AvgIpc) is 2.66. The van der Waals surface area contributed by atoms with Crippen LogP contribution in [0.4, 0.5) is 0 Å². The number of nitrogens with zero attached hydrogens (tertiary/aromatic N) is 1. The normalized spacial score (nSPS) is 13.3. The van der Waals surface area contributed by atoms with E-state index in [4.69, 9.17) is 4.74 Å². The zero-order valence-electron chi connectivity index (χ0n) is 16.2. The van der Waals surface area contributed by atoms with Gasteiger partial charge in [0.15, 0.2) is 0 Å². The summed E-state index contributed by atoms with van der Waals surface area (Å²) in [5.41, 5.74) is 3.49. The number of rotatable bonds is 7. The molecule has 1 aliphatic heterocycles. The van der Waals surface area contributed by atoms with Crippen molar-refractivity contribution in [1.82, 2.24) is 10.2 Å². The molecule has 0 spiro atoms. The summed E-state index contributed by atoms with van der Waals surface area (Å²) in [5.74, 6) is -0.0285. The second-order valence-corrected chi connectivity index (χ2v) is 6.90. The van der Waals surface area contributed by atoms with Crippen LogP contribution in [-0.2, 0) is 16.0 Å². The molecular formula is C22H24N2O4. The van der Waals surface area contributed by atoms with Crippen molar-refractivity contribution in [2.45, 2.75) is 26.7 Å². The van der Waals surface area contributed by atoms with Gasteiger partial charge in [-0.1, -0.05) is 35.9 Å². The number of aryl methyl sites for hydroxylation is 2. The lowest BCUT2D eigenvalue weighted by molar-refractivity contribution is -0.129. The molecule has 0 atom stereocenters. The Balaban J connectivity index is 1.43. The maximum atomic E-state index is 12.5. The lowest BCUT2D eigenvalue weighted by Gasteiger charge is -2.26. The van der Waals surface area contributed by atoms with Gasteiger partial charge in [0.05, 0.1) is 13.0 Å². The molecule has 2 aromatic rings. The van der Waals surface area contributed by atoms with Crippen LogP contribution in [0.2, 0.25) is 0 Å². The minimum Gasteiger partial charge on any atom is -0.491 e. The zero-order valence-corrected chi connectivity index (χ0v) is 16.2. The van der Waals surface area contributed by atoms with Crippen molar-refractivity contribution in [2.75, 3.05) is 19.7 Å². The number of ether oxygens (including phenoxy) is 1. The molecule has 0 aromatic heterocycles. The average molecular weight is 380 g/mol. The van der Waals surface area contributed by atoms with E-state index in [-0.39, 0.29) is 37.1 Å². The summed E-state index contributed by atoms with van der Waals surface area (Å²) >= 11 is 0. The summed E-state index contributed by atoms with van der Waals surface area (Å²) in [6.45, 7) is 4.79. The molecule has 6 nitrogen and oxygen atoms in total. The first-order chi connectivity index (χ1) is 13.5. The van der Waals surface area contributed by atoms with Gasteiger partial charge >= 0.3 is 0 Å². The maximum Gasteiger partial charge on any atom is 0.260 e. The number of fused-ring (bicyclic) bond motifs is 1. The Labute approximate surface area is 164 Å². The standard InChI is InChI=1S/C22H24N2O4/c1-15-7-8-19(16(2)13-15)28-12-10-23-20(25)9-11-24-21(26)14-17-5-3-4-6-18(17)22(24)27/h3-8,13H,9-12,14H2,1-2H3,(H,23,25). The van der Waals surface area contributed by atoms with Crippen LogP contribution in [0, 0.1) is 13.8 Å². The van der Waals surface area contributed by atoms with Crippen LogP contribution in [0.15, 0.2) is 42.5 Å². The molecule has 0 bridgehead atoms. The van der Waals surface area contributed by atoms with Crippen molar-refractivity contribution >= 4 is 17.7 Å². The zero-order chi connectivity index (χ0) is 20.1. The molecule has 0 fully saturated rings. The summed E-state index contributed by atoms with van der Waals surface area (Å²) in [6, 6.07) is 13.0. The number of imide groups is 1. The third-order valence-electron chi connectivity index (χ3n) is 4.71. The van der Waals surface area contributed by atoms with E-state index in [2.05, 4.69) is 5.32 Å². The van der Waals surface area contributed by atoms with E-state index in [0.717, 1.165) is 21.8 Å². The largest absolute Gasteiger partial charge is 0.491 e. The molecule has 1 N–H and O–H groups in total. The quantitative estimate of drug-likeness (QED) is 0.591. The number of hydrogen-bond acceptors (Lipinski definition) is 4. The van der Waals surface area contributed by atoms with Gasteiger partial charge in [0, 0.05) is 18.5 Å². The molecule has 0 aliphatic carbocycles. The van der Waals surface area contributed by atoms with E-state index in [1.807, 2.05) is 38.1 Å². The Morgan fingerprint density at radius 1 is 1.14 bits per heavy atom. The van der Waals surface area contributed by atoms with Crippen LogP contribution in [0.3, 0.4) is 0 Å². The minimum atomic E-state index is -0.335. The van der Waals surface area contributed by atoms with Gasteiger partial charge in [-0.15, -0.1) is 0 Å². The monoisotopic (exact) mass is 380 g/mol. The third kappa shape index (κ3) is 4.57. The maximum absolute atomic E-state index is 12.5. The van der Waals surface area contributed by atoms with Crippen LogP contribution in [0.1, 0.15) is 33.5 Å². The van der Waals surface area contributed by atoms with E-state index in [9.17, 15) is 14.4 Å². The van der Waals surface area contributed by atoms with Gasteiger partial charge in [0.2, 0.25) is 11.8 Å². The van der Waals surface area contributed by atoms with Crippen LogP contribution in [0.25, 0.3) is 0 Å². The highest BCUT2D eigenvalue weighted by atomic mass is 16.5. The Bertz CT molecular complexity index is 907. The van der Waals surface area contributed by atoms with Crippen LogP contribution < -0.4 is 10.1 Å². The predicted molar refractivity (Wildman–Crippen MR) is 105 cm³/mol. The molecule has 146 valence electrons. The van der Waals surface area contributed by atoms with Crippen molar-refractivity contribution in [1.29, 1.82) is 0 Å². The fourth-order valence-corrected chi connectivity index (χ4v) is 3.24. The smallest absolute Gasteiger partial charge is 0.260 e. The van der Waals surface area contributed by atoms with Gasteiger partial charge < -0.3 is 10.1 Å². The minimum absolute atomic E-state index is 0.0726. The van der Waals surface area contributed by atoms with E-state index in [0.29, 0.717) is 18.7 Å². The van der Waals surface area contributed by atoms with Crippen molar-refractivity contribution in [2.24, 2.45) is 0 Å². The van der Waals surface area contributed by atoms with Gasteiger partial charge in [-0.05, 0) is 37.1 Å². The SMILES string of the molecule is Cc1ccc(OCCNC(=O)CCN2C(=O)Cc3ccccc3C2=O)c(C)c1. The van der Waals surface area contributed by atoms with Crippen molar-refractivity contribution in [3.8, 4) is 5.75 Å². The van der Waals surface area contributed by atoms with Gasteiger partial charge in [-0.25, -0.2) is 0 Å². The number of nitrogens with one attached hydrogen (secondary N) is 1. The highest BCUT2D eigenvalue weighted by Gasteiger charge is 2.30. The summed E-state index contributed by atoms with van der Waals surface area (Å²) in [6.07, 6.45) is 0.260. The lowest BCUT2D eigenvalue weighted by atomic mass is 9.98. The number of benzene rings is 2. The van der Waals surface area contributed by atoms with Crippen molar-refractivity contribution in [3.05, 3.63) is 64.7 Å². The van der Waals surface area contributed by atoms with Gasteiger partial charge in [0.25, 0.3) is 5.91 Å². The molecule has 0 radical (unpaired) electrons. The van der Waals surface area contributed by atoms with E-state index >= 15 is 0 Å². The van der Waals surface area contributed by atoms with Crippen LogP contribution in [-0.4, -0.2) is 42.3 Å². The first kappa shape index (κ1) is 19.6. The molecule has 0 saturated carbocycles. The molecule has 1 aliphatic rings. The molecule has 0 saturated heterocycles. The number of amides is 3. The number of carbonyl (C=O) groups is 3. The first-order valence-electron chi connectivity index (χ1n) is 9.35. The molecule has 2 aromatic carbocycles.